The first-order valence-corrected chi connectivity index (χ1v) is 5.66. The largest absolute Gasteiger partial charge is 0.352 e. The fraction of sp³-hybridized carbons (Fsp3) is 0.364. The van der Waals surface area contributed by atoms with Crippen LogP contribution in [-0.2, 0) is 0 Å². The highest BCUT2D eigenvalue weighted by Crippen LogP contribution is 2.16. The Morgan fingerprint density at radius 1 is 1.47 bits per heavy atom. The van der Waals surface area contributed by atoms with Crippen LogP contribution < -0.4 is 5.32 Å². The molecule has 0 radical (unpaired) electrons. The summed E-state index contributed by atoms with van der Waals surface area (Å²) in [4.78, 5) is 11.6. The number of carbonyl (C=O) groups excluding carboxylic acids is 1. The predicted molar refractivity (Wildman–Crippen MR) is 63.9 cm³/mol. The van der Waals surface area contributed by atoms with Crippen LogP contribution in [0.1, 0.15) is 22.3 Å². The lowest BCUT2D eigenvalue weighted by molar-refractivity contribution is 0.0954. The molecule has 1 aromatic rings. The predicted octanol–water partition coefficient (Wildman–Crippen LogP) is 3.01. The molecular formula is C11H13Cl2NO. The molecule has 82 valence electrons. The number of alkyl halides is 1. The lowest BCUT2D eigenvalue weighted by Gasteiger charge is -2.05. The van der Waals surface area contributed by atoms with Crippen molar-refractivity contribution in [2.24, 2.45) is 0 Å². The molecule has 0 spiro atoms. The summed E-state index contributed by atoms with van der Waals surface area (Å²) in [7, 11) is 0. The molecule has 2 nitrogen and oxygen atoms in total. The van der Waals surface area contributed by atoms with Crippen molar-refractivity contribution in [2.45, 2.75) is 13.3 Å². The van der Waals surface area contributed by atoms with Gasteiger partial charge in [-0.1, -0.05) is 17.7 Å². The van der Waals surface area contributed by atoms with Crippen molar-refractivity contribution in [1.29, 1.82) is 0 Å². The van der Waals surface area contributed by atoms with Crippen LogP contribution in [0.5, 0.6) is 0 Å². The van der Waals surface area contributed by atoms with E-state index < -0.39 is 0 Å². The monoisotopic (exact) mass is 245 g/mol. The fourth-order valence-corrected chi connectivity index (χ4v) is 1.42. The summed E-state index contributed by atoms with van der Waals surface area (Å²) in [6.07, 6.45) is 0.771. The van der Waals surface area contributed by atoms with Crippen molar-refractivity contribution in [1.82, 2.24) is 5.32 Å². The van der Waals surface area contributed by atoms with Crippen LogP contribution in [0, 0.1) is 6.92 Å². The van der Waals surface area contributed by atoms with E-state index in [0.717, 1.165) is 12.0 Å². The van der Waals surface area contributed by atoms with Crippen LogP contribution in [0.2, 0.25) is 5.02 Å². The van der Waals surface area contributed by atoms with Gasteiger partial charge in [-0.2, -0.15) is 0 Å². The van der Waals surface area contributed by atoms with Crippen LogP contribution in [0.3, 0.4) is 0 Å². The summed E-state index contributed by atoms with van der Waals surface area (Å²) in [5.41, 5.74) is 1.55. The summed E-state index contributed by atoms with van der Waals surface area (Å²) in [6.45, 7) is 2.49. The highest BCUT2D eigenvalue weighted by atomic mass is 35.5. The summed E-state index contributed by atoms with van der Waals surface area (Å²) in [5.74, 6) is 0.441. The van der Waals surface area contributed by atoms with Crippen LogP contribution >= 0.6 is 23.2 Å². The average molecular weight is 246 g/mol. The maximum Gasteiger partial charge on any atom is 0.251 e. The molecule has 15 heavy (non-hydrogen) atoms. The second-order valence-electron chi connectivity index (χ2n) is 3.26. The van der Waals surface area contributed by atoms with Gasteiger partial charge in [-0.25, -0.2) is 0 Å². The maximum absolute atomic E-state index is 11.6. The quantitative estimate of drug-likeness (QED) is 0.642. The van der Waals surface area contributed by atoms with Crippen molar-refractivity contribution in [3.8, 4) is 0 Å². The molecule has 0 saturated heterocycles. The van der Waals surface area contributed by atoms with Crippen molar-refractivity contribution in [3.05, 3.63) is 34.3 Å². The van der Waals surface area contributed by atoms with Gasteiger partial charge in [-0.3, -0.25) is 4.79 Å². The van der Waals surface area contributed by atoms with Gasteiger partial charge in [-0.05, 0) is 31.0 Å². The molecule has 0 atom stereocenters. The van der Waals surface area contributed by atoms with Gasteiger partial charge in [0.25, 0.3) is 5.91 Å². The topological polar surface area (TPSA) is 29.1 Å². The molecule has 1 amide bonds. The van der Waals surface area contributed by atoms with Crippen LogP contribution in [0.25, 0.3) is 0 Å². The molecule has 0 aliphatic carbocycles. The number of amides is 1. The van der Waals surface area contributed by atoms with Gasteiger partial charge in [0.2, 0.25) is 0 Å². The van der Waals surface area contributed by atoms with E-state index >= 15 is 0 Å². The Morgan fingerprint density at radius 2 is 2.20 bits per heavy atom. The lowest BCUT2D eigenvalue weighted by atomic mass is 10.1. The third kappa shape index (κ3) is 3.73. The van der Waals surface area contributed by atoms with Gasteiger partial charge in [-0.15, -0.1) is 11.6 Å². The number of halogens is 2. The number of nitrogens with one attached hydrogen (secondary N) is 1. The highest BCUT2D eigenvalue weighted by Gasteiger charge is 2.05. The Labute approximate surface area is 99.6 Å². The number of hydrogen-bond donors (Lipinski definition) is 1. The Hall–Kier alpha value is -0.730. The van der Waals surface area contributed by atoms with Crippen LogP contribution in [0.4, 0.5) is 0 Å². The lowest BCUT2D eigenvalue weighted by Crippen LogP contribution is -2.24. The van der Waals surface area contributed by atoms with E-state index in [1.54, 1.807) is 12.1 Å². The first-order valence-electron chi connectivity index (χ1n) is 4.75. The SMILES string of the molecule is Cc1ccc(C(=O)NCCCCl)cc1Cl. The molecule has 0 bridgehead atoms. The molecule has 0 heterocycles. The molecule has 0 unspecified atom stereocenters. The van der Waals surface area contributed by atoms with E-state index in [9.17, 15) is 4.79 Å². The van der Waals surface area contributed by atoms with E-state index in [0.29, 0.717) is 23.0 Å². The van der Waals surface area contributed by atoms with Gasteiger partial charge in [0, 0.05) is 23.0 Å². The number of benzene rings is 1. The number of rotatable bonds is 4. The van der Waals surface area contributed by atoms with Crippen LogP contribution in [-0.4, -0.2) is 18.3 Å². The van der Waals surface area contributed by atoms with Gasteiger partial charge in [0.05, 0.1) is 0 Å². The van der Waals surface area contributed by atoms with Crippen molar-refractivity contribution in [3.63, 3.8) is 0 Å². The number of aryl methyl sites for hydroxylation is 1. The Kier molecular flexibility index (Phi) is 4.92. The van der Waals surface area contributed by atoms with Crippen molar-refractivity contribution in [2.75, 3.05) is 12.4 Å². The standard InChI is InChI=1S/C11H13Cl2NO/c1-8-3-4-9(7-10(8)13)11(15)14-6-2-5-12/h3-4,7H,2,5-6H2,1H3,(H,14,15). The Balaban J connectivity index is 2.62. The zero-order valence-corrected chi connectivity index (χ0v) is 10.0. The van der Waals surface area contributed by atoms with E-state index in [1.165, 1.54) is 0 Å². The molecule has 0 aliphatic heterocycles. The van der Waals surface area contributed by atoms with E-state index in [-0.39, 0.29) is 5.91 Å². The van der Waals surface area contributed by atoms with E-state index in [1.807, 2.05) is 13.0 Å². The van der Waals surface area contributed by atoms with Gasteiger partial charge >= 0.3 is 0 Å². The van der Waals surface area contributed by atoms with Crippen molar-refractivity contribution >= 4 is 29.1 Å². The molecule has 1 N–H and O–H groups in total. The van der Waals surface area contributed by atoms with Gasteiger partial charge < -0.3 is 5.32 Å². The highest BCUT2D eigenvalue weighted by molar-refractivity contribution is 6.31. The molecule has 1 rings (SSSR count). The zero-order chi connectivity index (χ0) is 11.3. The second-order valence-corrected chi connectivity index (χ2v) is 4.05. The first-order chi connectivity index (χ1) is 7.15. The Morgan fingerprint density at radius 3 is 2.80 bits per heavy atom. The Bertz CT molecular complexity index is 352. The smallest absolute Gasteiger partial charge is 0.251 e. The molecular weight excluding hydrogens is 233 g/mol. The minimum Gasteiger partial charge on any atom is -0.352 e. The van der Waals surface area contributed by atoms with Crippen molar-refractivity contribution < 1.29 is 4.79 Å². The fourth-order valence-electron chi connectivity index (χ4n) is 1.10. The van der Waals surface area contributed by atoms with Gasteiger partial charge in [0.15, 0.2) is 0 Å². The second kappa shape index (κ2) is 5.99. The normalized spacial score (nSPS) is 10.1. The molecule has 0 saturated carbocycles. The third-order valence-electron chi connectivity index (χ3n) is 2.03. The van der Waals surface area contributed by atoms with Crippen LogP contribution in [0.15, 0.2) is 18.2 Å². The number of hydrogen-bond acceptors (Lipinski definition) is 1. The summed E-state index contributed by atoms with van der Waals surface area (Å²) in [6, 6.07) is 5.27. The summed E-state index contributed by atoms with van der Waals surface area (Å²) in [5, 5.41) is 3.38. The van der Waals surface area contributed by atoms with E-state index in [4.69, 9.17) is 23.2 Å². The summed E-state index contributed by atoms with van der Waals surface area (Å²) >= 11 is 11.4. The minimum atomic E-state index is -0.109. The molecule has 0 fully saturated rings. The average Bonchev–Trinajstić information content (AvgIpc) is 2.22. The minimum absolute atomic E-state index is 0.109. The summed E-state index contributed by atoms with van der Waals surface area (Å²) < 4.78 is 0. The molecule has 4 heteroatoms. The van der Waals surface area contributed by atoms with Gasteiger partial charge in [0.1, 0.15) is 0 Å². The number of carbonyl (C=O) groups is 1. The maximum atomic E-state index is 11.6. The molecule has 1 aromatic carbocycles. The molecule has 0 aliphatic rings. The molecule has 0 aromatic heterocycles. The third-order valence-corrected chi connectivity index (χ3v) is 2.70. The first kappa shape index (κ1) is 12.3. The zero-order valence-electron chi connectivity index (χ0n) is 8.52. The van der Waals surface area contributed by atoms with E-state index in [2.05, 4.69) is 5.32 Å².